The number of nitrogen functional groups attached to an aromatic ring is 1. The molecule has 0 bridgehead atoms. The van der Waals surface area contributed by atoms with Gasteiger partial charge in [-0.2, -0.15) is 0 Å². The Morgan fingerprint density at radius 3 is 2.06 bits per heavy atom. The summed E-state index contributed by atoms with van der Waals surface area (Å²) in [4.78, 5) is 40.8. The van der Waals surface area contributed by atoms with Crippen LogP contribution in [0.25, 0.3) is 22.3 Å². The van der Waals surface area contributed by atoms with E-state index >= 15 is 0 Å². The maximum absolute atomic E-state index is 13.2. The molecule has 1 amide bonds. The topological polar surface area (TPSA) is 216 Å². The van der Waals surface area contributed by atoms with Crippen molar-refractivity contribution in [1.82, 2.24) is 39.0 Å². The SMILES string of the molecule is CC[Si](CC)(CC)OC[C@H]1O[C@@H](n2c(C#C[C@@H](O[Si](CC)(CC)CC)[C@H]3O[C@@H](n4cnc5c(NC(=O)c6ccccc6)ncnc54)[C@@H]4OC(C)(C)O[C@@H]43)nc3c(N)ncnc32)[C@@H]2OC(C)(C)O[C@@H]21. The van der Waals surface area contributed by atoms with Crippen molar-refractivity contribution in [2.75, 3.05) is 17.7 Å². The van der Waals surface area contributed by atoms with E-state index in [1.54, 1.807) is 35.2 Å². The monoisotopic (exact) mass is 968 g/mol. The fraction of sp³-hybridized carbons (Fsp3) is 0.596. The Morgan fingerprint density at radius 2 is 1.38 bits per heavy atom. The van der Waals surface area contributed by atoms with E-state index in [4.69, 9.17) is 48.0 Å². The van der Waals surface area contributed by atoms with Crippen molar-refractivity contribution in [3.8, 4) is 11.8 Å². The number of imidazole rings is 2. The van der Waals surface area contributed by atoms with E-state index < -0.39 is 83.4 Å². The van der Waals surface area contributed by atoms with Crippen molar-refractivity contribution in [2.24, 2.45) is 0 Å². The Kier molecular flexibility index (Phi) is 13.4. The number of carbonyl (C=O) groups is 1. The second-order valence-corrected chi connectivity index (χ2v) is 28.4. The minimum atomic E-state index is -2.41. The van der Waals surface area contributed by atoms with Gasteiger partial charge in [-0.3, -0.25) is 13.9 Å². The van der Waals surface area contributed by atoms with Crippen LogP contribution in [0.1, 0.15) is 97.9 Å². The number of hydrogen-bond acceptors (Lipinski definition) is 16. The Labute approximate surface area is 398 Å². The highest BCUT2D eigenvalue weighted by atomic mass is 28.4. The highest BCUT2D eigenvalue weighted by molar-refractivity contribution is 6.74. The molecule has 0 aliphatic carbocycles. The third-order valence-corrected chi connectivity index (χ3v) is 23.5. The number of aromatic nitrogens is 8. The fourth-order valence-corrected chi connectivity index (χ4v) is 15.5. The average molecular weight is 969 g/mol. The molecule has 19 nitrogen and oxygen atoms in total. The molecule has 4 aliphatic rings. The van der Waals surface area contributed by atoms with Crippen molar-refractivity contribution in [3.63, 3.8) is 0 Å². The molecule has 9 atom stereocenters. The van der Waals surface area contributed by atoms with Crippen molar-refractivity contribution < 1.29 is 42.1 Å². The smallest absolute Gasteiger partial charge is 0.256 e. The number of nitrogens with one attached hydrogen (secondary N) is 1. The van der Waals surface area contributed by atoms with Crippen LogP contribution in [0.2, 0.25) is 36.3 Å². The van der Waals surface area contributed by atoms with E-state index in [1.165, 1.54) is 12.7 Å². The summed E-state index contributed by atoms with van der Waals surface area (Å²) in [5, 5.41) is 2.90. The molecule has 4 aliphatic heterocycles. The summed E-state index contributed by atoms with van der Waals surface area (Å²) >= 11 is 0. The van der Waals surface area contributed by atoms with E-state index in [2.05, 4.69) is 83.6 Å². The first-order valence-corrected chi connectivity index (χ1v) is 29.0. The van der Waals surface area contributed by atoms with Gasteiger partial charge in [0, 0.05) is 5.56 Å². The molecular weight excluding hydrogens is 905 g/mol. The minimum Gasteiger partial charge on any atom is -0.414 e. The van der Waals surface area contributed by atoms with Crippen LogP contribution < -0.4 is 11.1 Å². The second-order valence-electron chi connectivity index (χ2n) is 18.9. The number of benzene rings is 1. The van der Waals surface area contributed by atoms with E-state index in [1.807, 2.05) is 38.3 Å². The van der Waals surface area contributed by atoms with Gasteiger partial charge in [0.2, 0.25) is 0 Å². The molecule has 1 aromatic carbocycles. The van der Waals surface area contributed by atoms with Gasteiger partial charge in [-0.1, -0.05) is 65.7 Å². The van der Waals surface area contributed by atoms with Crippen molar-refractivity contribution in [2.45, 2.75) is 172 Å². The lowest BCUT2D eigenvalue weighted by atomic mass is 10.1. The van der Waals surface area contributed by atoms with Gasteiger partial charge < -0.3 is 48.3 Å². The lowest BCUT2D eigenvalue weighted by Gasteiger charge is -2.35. The number of amides is 1. The van der Waals surface area contributed by atoms with Gasteiger partial charge >= 0.3 is 0 Å². The molecule has 8 heterocycles. The molecule has 21 heteroatoms. The predicted molar refractivity (Wildman–Crippen MR) is 257 cm³/mol. The zero-order chi connectivity index (χ0) is 48.2. The highest BCUT2D eigenvalue weighted by Crippen LogP contribution is 2.47. The number of anilines is 2. The average Bonchev–Trinajstić information content (AvgIpc) is 4.19. The number of nitrogens with two attached hydrogens (primary N) is 1. The standard InChI is InChI=1S/C47H64N10O9Si2/c1-11-67(12-2,13-3)59-24-30-35-37(64-46(7,8)62-35)45(60-30)57-31(54-32-39(48)49-25-52-42(32)57)23-22-29(66-68(14-4,15-5)16-6)34-36-38(65-47(9,10)63-36)44(61-34)56-27-53-33-40(50-26-51-41(33)56)55-43(58)28-20-18-17-19-21-28/h17-21,25-27,29-30,34-38,44-45H,11-16,24H2,1-10H3,(H2,48,49,52)(H,50,51,55,58)/t29-,30-,34-,35-,36-,37-,38-,44-,45-/m1/s1. The van der Waals surface area contributed by atoms with Crippen molar-refractivity contribution >= 4 is 56.5 Å². The van der Waals surface area contributed by atoms with E-state index in [0.29, 0.717) is 40.3 Å². The molecule has 364 valence electrons. The van der Waals surface area contributed by atoms with Gasteiger partial charge in [-0.15, -0.1) is 0 Å². The van der Waals surface area contributed by atoms with Gasteiger partial charge in [-0.05, 0) is 82.0 Å². The van der Waals surface area contributed by atoms with Crippen LogP contribution in [0.4, 0.5) is 11.6 Å². The van der Waals surface area contributed by atoms with E-state index in [0.717, 1.165) is 36.3 Å². The number of rotatable bonds is 16. The molecule has 4 saturated heterocycles. The molecule has 4 fully saturated rings. The largest absolute Gasteiger partial charge is 0.414 e. The Morgan fingerprint density at radius 1 is 0.765 bits per heavy atom. The zero-order valence-corrected chi connectivity index (χ0v) is 42.6. The van der Waals surface area contributed by atoms with Crippen LogP contribution in [0, 0.1) is 11.8 Å². The first-order valence-electron chi connectivity index (χ1n) is 24.0. The summed E-state index contributed by atoms with van der Waals surface area (Å²) in [6, 6.07) is 14.5. The van der Waals surface area contributed by atoms with Crippen LogP contribution in [-0.4, -0.2) is 122 Å². The number of ether oxygens (including phenoxy) is 6. The first kappa shape index (κ1) is 48.3. The molecule has 5 aromatic rings. The number of hydrogen-bond donors (Lipinski definition) is 2. The first-order chi connectivity index (χ1) is 32.6. The summed E-state index contributed by atoms with van der Waals surface area (Å²) in [6.45, 7) is 21.1. The Balaban J connectivity index is 1.10. The predicted octanol–water partition coefficient (Wildman–Crippen LogP) is 7.10. The quantitative estimate of drug-likeness (QED) is 0.0745. The molecule has 0 radical (unpaired) electrons. The summed E-state index contributed by atoms with van der Waals surface area (Å²) in [5.41, 5.74) is 8.61. The second kappa shape index (κ2) is 18.9. The molecule has 0 saturated carbocycles. The lowest BCUT2D eigenvalue weighted by molar-refractivity contribution is -0.202. The summed E-state index contributed by atoms with van der Waals surface area (Å²) in [7, 11) is -4.39. The van der Waals surface area contributed by atoms with Crippen LogP contribution in [-0.2, 0) is 37.3 Å². The van der Waals surface area contributed by atoms with Crippen LogP contribution in [0.15, 0.2) is 49.3 Å². The molecule has 0 unspecified atom stereocenters. The summed E-state index contributed by atoms with van der Waals surface area (Å²) < 4.78 is 58.2. The van der Waals surface area contributed by atoms with Crippen molar-refractivity contribution in [3.05, 3.63) is 60.7 Å². The number of nitrogens with zero attached hydrogens (tertiary/aromatic N) is 8. The van der Waals surface area contributed by atoms with Gasteiger partial charge in [0.25, 0.3) is 5.91 Å². The van der Waals surface area contributed by atoms with Gasteiger partial charge in [0.15, 0.2) is 80.5 Å². The summed E-state index contributed by atoms with van der Waals surface area (Å²) in [5.74, 6) is 5.52. The van der Waals surface area contributed by atoms with Crippen molar-refractivity contribution in [1.29, 1.82) is 0 Å². The molecule has 3 N–H and O–H groups in total. The minimum absolute atomic E-state index is 0.199. The highest BCUT2D eigenvalue weighted by Gasteiger charge is 2.60. The third-order valence-electron chi connectivity index (χ3n) is 14.3. The van der Waals surface area contributed by atoms with Gasteiger partial charge in [0.05, 0.1) is 12.9 Å². The molecule has 0 spiro atoms. The Bertz CT molecular complexity index is 2670. The normalized spacial score (nSPS) is 26.7. The maximum atomic E-state index is 13.2. The lowest BCUT2D eigenvalue weighted by Crippen LogP contribution is -2.47. The van der Waals surface area contributed by atoms with E-state index in [-0.39, 0.29) is 17.5 Å². The third kappa shape index (κ3) is 8.88. The molecule has 68 heavy (non-hydrogen) atoms. The van der Waals surface area contributed by atoms with Crippen LogP contribution >= 0.6 is 0 Å². The molecule has 9 rings (SSSR count). The van der Waals surface area contributed by atoms with Crippen LogP contribution in [0.5, 0.6) is 0 Å². The van der Waals surface area contributed by atoms with Gasteiger partial charge in [0.1, 0.15) is 55.4 Å². The van der Waals surface area contributed by atoms with Gasteiger partial charge in [-0.25, -0.2) is 29.9 Å². The number of carbonyl (C=O) groups excluding carboxylic acids is 1. The number of fused-ring (bicyclic) bond motifs is 4. The maximum Gasteiger partial charge on any atom is 0.256 e. The van der Waals surface area contributed by atoms with E-state index in [9.17, 15) is 4.79 Å². The fourth-order valence-electron chi connectivity index (χ4n) is 10.1. The molecular formula is C47H64N10O9Si2. The Hall–Kier alpha value is -4.74. The summed E-state index contributed by atoms with van der Waals surface area (Å²) in [6.07, 6.45) is -1.37. The zero-order valence-electron chi connectivity index (χ0n) is 40.6. The molecule has 4 aromatic heterocycles. The van der Waals surface area contributed by atoms with Crippen LogP contribution in [0.3, 0.4) is 0 Å².